The van der Waals surface area contributed by atoms with Crippen LogP contribution in [0.5, 0.6) is 0 Å². The van der Waals surface area contributed by atoms with Gasteiger partial charge in [0.15, 0.2) is 0 Å². The summed E-state index contributed by atoms with van der Waals surface area (Å²) < 4.78 is 0. The van der Waals surface area contributed by atoms with Crippen molar-refractivity contribution in [3.8, 4) is 6.07 Å². The second-order valence-electron chi connectivity index (χ2n) is 6.79. The molecule has 0 saturated heterocycles. The molecule has 0 fully saturated rings. The lowest BCUT2D eigenvalue weighted by molar-refractivity contribution is -0.127. The topological polar surface area (TPSA) is 57.0 Å². The standard InChI is InChI=1S/C25H23N3O/c1-2-20-5-11-23(12-6-20)18-28(19-24-4-3-15-27-17-24)25(29)14-13-21-7-9-22(16-26)10-8-21/h3-15,17H,2,18-19H2,1H3/b14-13+. The van der Waals surface area contributed by atoms with Crippen LogP contribution in [0, 0.1) is 11.3 Å². The highest BCUT2D eigenvalue weighted by Crippen LogP contribution is 2.13. The van der Waals surface area contributed by atoms with Crippen LogP contribution < -0.4 is 0 Å². The number of amides is 1. The summed E-state index contributed by atoms with van der Waals surface area (Å²) in [4.78, 5) is 18.9. The summed E-state index contributed by atoms with van der Waals surface area (Å²) in [5, 5.41) is 8.90. The zero-order chi connectivity index (χ0) is 20.5. The minimum atomic E-state index is -0.0715. The van der Waals surface area contributed by atoms with Gasteiger partial charge in [0.1, 0.15) is 0 Å². The van der Waals surface area contributed by atoms with Crippen molar-refractivity contribution in [2.45, 2.75) is 26.4 Å². The molecule has 4 nitrogen and oxygen atoms in total. The Bertz CT molecular complexity index is 1000. The largest absolute Gasteiger partial charge is 0.330 e. The number of benzene rings is 2. The molecular weight excluding hydrogens is 358 g/mol. The maximum Gasteiger partial charge on any atom is 0.247 e. The number of carbonyl (C=O) groups excluding carboxylic acids is 1. The van der Waals surface area contributed by atoms with Gasteiger partial charge in [-0.2, -0.15) is 5.26 Å². The van der Waals surface area contributed by atoms with E-state index < -0.39 is 0 Å². The molecule has 144 valence electrons. The molecule has 0 N–H and O–H groups in total. The van der Waals surface area contributed by atoms with Crippen molar-refractivity contribution >= 4 is 12.0 Å². The van der Waals surface area contributed by atoms with Crippen LogP contribution in [-0.4, -0.2) is 15.8 Å². The van der Waals surface area contributed by atoms with Gasteiger partial charge in [-0.15, -0.1) is 0 Å². The Morgan fingerprint density at radius 2 is 1.69 bits per heavy atom. The Balaban J connectivity index is 1.77. The molecule has 0 unspecified atom stereocenters. The molecule has 2 aromatic carbocycles. The quantitative estimate of drug-likeness (QED) is 0.555. The number of nitrogens with zero attached hydrogens (tertiary/aromatic N) is 3. The molecule has 0 spiro atoms. The molecule has 1 aromatic heterocycles. The predicted octanol–water partition coefficient (Wildman–Crippen LogP) is 4.76. The molecule has 29 heavy (non-hydrogen) atoms. The Kier molecular flexibility index (Phi) is 6.91. The highest BCUT2D eigenvalue weighted by Gasteiger charge is 2.12. The number of aromatic nitrogens is 1. The van der Waals surface area contributed by atoms with Crippen molar-refractivity contribution in [3.63, 3.8) is 0 Å². The number of pyridine rings is 1. The third-order valence-corrected chi connectivity index (χ3v) is 4.67. The average Bonchev–Trinajstić information content (AvgIpc) is 2.78. The molecule has 3 aromatic rings. The number of hydrogen-bond donors (Lipinski definition) is 0. The monoisotopic (exact) mass is 381 g/mol. The van der Waals surface area contributed by atoms with Crippen molar-refractivity contribution in [2.75, 3.05) is 0 Å². The van der Waals surface area contributed by atoms with E-state index in [9.17, 15) is 4.79 Å². The van der Waals surface area contributed by atoms with E-state index in [1.54, 1.807) is 41.6 Å². The van der Waals surface area contributed by atoms with Gasteiger partial charge < -0.3 is 4.90 Å². The lowest BCUT2D eigenvalue weighted by Gasteiger charge is -2.21. The van der Waals surface area contributed by atoms with Gasteiger partial charge in [0.05, 0.1) is 11.6 Å². The molecule has 0 saturated carbocycles. The van der Waals surface area contributed by atoms with Gasteiger partial charge in [-0.1, -0.05) is 49.4 Å². The maximum atomic E-state index is 12.9. The van der Waals surface area contributed by atoms with E-state index in [0.717, 1.165) is 23.1 Å². The molecule has 0 bridgehead atoms. The smallest absolute Gasteiger partial charge is 0.247 e. The Hall–Kier alpha value is -3.71. The van der Waals surface area contributed by atoms with Crippen LogP contribution in [0.25, 0.3) is 6.08 Å². The van der Waals surface area contributed by atoms with Gasteiger partial charge in [-0.25, -0.2) is 0 Å². The molecule has 1 heterocycles. The zero-order valence-electron chi connectivity index (χ0n) is 16.5. The van der Waals surface area contributed by atoms with E-state index >= 15 is 0 Å². The van der Waals surface area contributed by atoms with Crippen LogP contribution in [0.15, 0.2) is 79.1 Å². The van der Waals surface area contributed by atoms with E-state index in [1.165, 1.54) is 5.56 Å². The first-order chi connectivity index (χ1) is 14.2. The Morgan fingerprint density at radius 3 is 2.31 bits per heavy atom. The van der Waals surface area contributed by atoms with Gasteiger partial charge in [0, 0.05) is 31.6 Å². The normalized spacial score (nSPS) is 10.6. The Labute approximate surface area is 171 Å². The number of hydrogen-bond acceptors (Lipinski definition) is 3. The minimum Gasteiger partial charge on any atom is -0.330 e. The van der Waals surface area contributed by atoms with E-state index in [2.05, 4.69) is 42.2 Å². The van der Waals surface area contributed by atoms with Crippen LogP contribution in [0.2, 0.25) is 0 Å². The highest BCUT2D eigenvalue weighted by atomic mass is 16.2. The SMILES string of the molecule is CCc1ccc(CN(Cc2cccnc2)C(=O)/C=C/c2ccc(C#N)cc2)cc1. The highest BCUT2D eigenvalue weighted by molar-refractivity contribution is 5.91. The van der Waals surface area contributed by atoms with Crippen LogP contribution in [0.1, 0.15) is 34.7 Å². The van der Waals surface area contributed by atoms with Gasteiger partial charge in [0.25, 0.3) is 0 Å². The molecule has 3 rings (SSSR count). The van der Waals surface area contributed by atoms with Crippen molar-refractivity contribution < 1.29 is 4.79 Å². The minimum absolute atomic E-state index is 0.0715. The van der Waals surface area contributed by atoms with Crippen LogP contribution in [0.4, 0.5) is 0 Å². The van der Waals surface area contributed by atoms with Gasteiger partial charge in [-0.05, 0) is 52.9 Å². The molecule has 0 atom stereocenters. The summed E-state index contributed by atoms with van der Waals surface area (Å²) in [7, 11) is 0. The number of carbonyl (C=O) groups is 1. The third kappa shape index (κ3) is 5.88. The fraction of sp³-hybridized carbons (Fsp3) is 0.160. The first-order valence-electron chi connectivity index (χ1n) is 9.62. The van der Waals surface area contributed by atoms with Gasteiger partial charge in [0.2, 0.25) is 5.91 Å². The van der Waals surface area contributed by atoms with Crippen molar-refractivity contribution in [2.24, 2.45) is 0 Å². The summed E-state index contributed by atoms with van der Waals surface area (Å²) in [5.41, 5.74) is 4.83. The molecule has 1 amide bonds. The molecular formula is C25H23N3O. The number of nitriles is 1. The summed E-state index contributed by atoms with van der Waals surface area (Å²) in [6.07, 6.45) is 7.86. The lowest BCUT2D eigenvalue weighted by Crippen LogP contribution is -2.28. The van der Waals surface area contributed by atoms with Crippen LogP contribution in [-0.2, 0) is 24.3 Å². The summed E-state index contributed by atoms with van der Waals surface area (Å²) >= 11 is 0. The van der Waals surface area contributed by atoms with E-state index in [-0.39, 0.29) is 5.91 Å². The second-order valence-corrected chi connectivity index (χ2v) is 6.79. The summed E-state index contributed by atoms with van der Waals surface area (Å²) in [5.74, 6) is -0.0715. The molecule has 0 aliphatic heterocycles. The predicted molar refractivity (Wildman–Crippen MR) is 115 cm³/mol. The molecule has 0 radical (unpaired) electrons. The number of rotatable bonds is 7. The van der Waals surface area contributed by atoms with E-state index in [0.29, 0.717) is 18.7 Å². The van der Waals surface area contributed by atoms with E-state index in [4.69, 9.17) is 5.26 Å². The van der Waals surface area contributed by atoms with Crippen molar-refractivity contribution in [1.82, 2.24) is 9.88 Å². The fourth-order valence-electron chi connectivity index (χ4n) is 2.97. The first-order valence-corrected chi connectivity index (χ1v) is 9.62. The average molecular weight is 381 g/mol. The third-order valence-electron chi connectivity index (χ3n) is 4.67. The second kappa shape index (κ2) is 10.0. The lowest BCUT2D eigenvalue weighted by atomic mass is 10.1. The van der Waals surface area contributed by atoms with Crippen LogP contribution >= 0.6 is 0 Å². The maximum absolute atomic E-state index is 12.9. The van der Waals surface area contributed by atoms with E-state index in [1.807, 2.05) is 24.3 Å². The zero-order valence-corrected chi connectivity index (χ0v) is 16.5. The van der Waals surface area contributed by atoms with Crippen molar-refractivity contribution in [3.05, 3.63) is 107 Å². The van der Waals surface area contributed by atoms with Crippen LogP contribution in [0.3, 0.4) is 0 Å². The molecule has 0 aliphatic carbocycles. The first kappa shape index (κ1) is 20.0. The molecule has 0 aliphatic rings. The van der Waals surface area contributed by atoms with Crippen molar-refractivity contribution in [1.29, 1.82) is 5.26 Å². The Morgan fingerprint density at radius 1 is 1.00 bits per heavy atom. The van der Waals surface area contributed by atoms with Gasteiger partial charge in [-0.3, -0.25) is 9.78 Å². The summed E-state index contributed by atoms with van der Waals surface area (Å²) in [6.45, 7) is 3.14. The fourth-order valence-corrected chi connectivity index (χ4v) is 2.97. The molecule has 4 heteroatoms. The summed E-state index contributed by atoms with van der Waals surface area (Å²) in [6, 6.07) is 21.5. The number of aryl methyl sites for hydroxylation is 1. The van der Waals surface area contributed by atoms with Gasteiger partial charge >= 0.3 is 0 Å².